The van der Waals surface area contributed by atoms with Crippen LogP contribution in [-0.4, -0.2) is 5.79 Å². The van der Waals surface area contributed by atoms with E-state index in [9.17, 15) is 0 Å². The molecule has 17 heavy (non-hydrogen) atoms. The molecule has 1 fully saturated rings. The highest BCUT2D eigenvalue weighted by Gasteiger charge is 2.67. The molecule has 2 aliphatic rings. The van der Waals surface area contributed by atoms with Gasteiger partial charge in [0.25, 0.3) is 5.79 Å². The third-order valence-electron chi connectivity index (χ3n) is 3.91. The van der Waals surface area contributed by atoms with Gasteiger partial charge < -0.3 is 4.74 Å². The zero-order valence-electron chi connectivity index (χ0n) is 9.69. The van der Waals surface area contributed by atoms with Gasteiger partial charge in [-0.05, 0) is 23.8 Å². The predicted octanol–water partition coefficient (Wildman–Crippen LogP) is 3.13. The third-order valence-corrected chi connectivity index (χ3v) is 3.91. The number of rotatable bonds is 0. The van der Waals surface area contributed by atoms with Crippen LogP contribution >= 0.6 is 0 Å². The molecule has 0 radical (unpaired) electrons. The molecule has 0 aliphatic carbocycles. The maximum atomic E-state index is 5.86. The molecule has 0 bridgehead atoms. The van der Waals surface area contributed by atoms with Crippen LogP contribution in [0.3, 0.4) is 0 Å². The summed E-state index contributed by atoms with van der Waals surface area (Å²) in [5.74, 6) is 0.158. The minimum atomic E-state index is -0.695. The summed E-state index contributed by atoms with van der Waals surface area (Å²) < 4.78 is 5.86. The van der Waals surface area contributed by atoms with Gasteiger partial charge in [-0.15, -0.1) is 0 Å². The summed E-state index contributed by atoms with van der Waals surface area (Å²) in [7, 11) is 0. The first-order valence-electron chi connectivity index (χ1n) is 5.72. The molecule has 3 heteroatoms. The van der Waals surface area contributed by atoms with E-state index in [1.54, 1.807) is 0 Å². The third kappa shape index (κ3) is 0.911. The maximum Gasteiger partial charge on any atom is 0.273 e. The first kappa shape index (κ1) is 9.45. The Balaban J connectivity index is 2.11. The van der Waals surface area contributed by atoms with Crippen LogP contribution in [0.25, 0.3) is 10.8 Å². The highest BCUT2D eigenvalue weighted by molar-refractivity contribution is 5.89. The van der Waals surface area contributed by atoms with Gasteiger partial charge in [-0.3, -0.25) is 0 Å². The number of fused-ring (bicyclic) bond motifs is 5. The van der Waals surface area contributed by atoms with Crippen LogP contribution in [0, 0.1) is 0 Å². The first-order chi connectivity index (χ1) is 8.14. The molecule has 2 heterocycles. The molecule has 0 aromatic heterocycles. The fraction of sp³-hybridized carbons (Fsp3) is 0.286. The van der Waals surface area contributed by atoms with E-state index in [4.69, 9.17) is 14.5 Å². The molecular weight excluding hydrogens is 216 g/mol. The van der Waals surface area contributed by atoms with Gasteiger partial charge in [0.15, 0.2) is 5.60 Å². The molecule has 4 rings (SSSR count). The summed E-state index contributed by atoms with van der Waals surface area (Å²) >= 11 is 0. The molecule has 2 aromatic carbocycles. The van der Waals surface area contributed by atoms with Gasteiger partial charge in [-0.25, -0.2) is 4.89 Å². The molecule has 3 nitrogen and oxygen atoms in total. The second-order valence-electron chi connectivity index (χ2n) is 4.91. The number of hydrogen-bond acceptors (Lipinski definition) is 3. The second kappa shape index (κ2) is 2.63. The zero-order chi connectivity index (χ0) is 11.7. The normalized spacial score (nSPS) is 33.8. The van der Waals surface area contributed by atoms with Gasteiger partial charge in [-0.2, -0.15) is 4.89 Å². The number of hydrogen-bond donors (Lipinski definition) is 0. The minimum absolute atomic E-state index is 0.511. The molecule has 0 amide bonds. The Bertz CT molecular complexity index is 636. The largest absolute Gasteiger partial charge is 0.456 e. The van der Waals surface area contributed by atoms with Crippen molar-refractivity contribution in [2.45, 2.75) is 25.2 Å². The summed E-state index contributed by atoms with van der Waals surface area (Å²) in [5, 5.41) is 2.36. The lowest BCUT2D eigenvalue weighted by molar-refractivity contribution is -0.587. The smallest absolute Gasteiger partial charge is 0.273 e. The molecule has 2 aliphatic heterocycles. The van der Waals surface area contributed by atoms with Crippen LogP contribution in [-0.2, 0) is 15.4 Å². The Hall–Kier alpha value is -1.58. The molecule has 2 unspecified atom stereocenters. The van der Waals surface area contributed by atoms with Gasteiger partial charge in [0.2, 0.25) is 0 Å². The van der Waals surface area contributed by atoms with Crippen molar-refractivity contribution in [2.24, 2.45) is 0 Å². The molecule has 2 aromatic rings. The standard InChI is InChI=1S/C14H12O3/c1-13-12-10-6-4-3-5-9(10)7-8-11(12)15-14(13,2)17-16-13/h3-8H,1-2H3. The van der Waals surface area contributed by atoms with E-state index < -0.39 is 11.4 Å². The summed E-state index contributed by atoms with van der Waals surface area (Å²) in [4.78, 5) is 10.5. The van der Waals surface area contributed by atoms with Crippen molar-refractivity contribution in [3.05, 3.63) is 42.0 Å². The minimum Gasteiger partial charge on any atom is -0.456 e. The van der Waals surface area contributed by atoms with Crippen molar-refractivity contribution in [3.63, 3.8) is 0 Å². The predicted molar refractivity (Wildman–Crippen MR) is 62.5 cm³/mol. The fourth-order valence-corrected chi connectivity index (χ4v) is 2.71. The lowest BCUT2D eigenvalue weighted by atomic mass is 9.85. The average Bonchev–Trinajstić information content (AvgIpc) is 2.50. The highest BCUT2D eigenvalue weighted by Crippen LogP contribution is 2.58. The van der Waals surface area contributed by atoms with Crippen LogP contribution in [0.1, 0.15) is 19.4 Å². The van der Waals surface area contributed by atoms with Crippen molar-refractivity contribution in [3.8, 4) is 5.75 Å². The van der Waals surface area contributed by atoms with Gasteiger partial charge in [0.05, 0.1) is 0 Å². The van der Waals surface area contributed by atoms with Crippen molar-refractivity contribution < 1.29 is 14.5 Å². The monoisotopic (exact) mass is 228 g/mol. The molecule has 2 atom stereocenters. The van der Waals surface area contributed by atoms with Crippen LogP contribution in [0.15, 0.2) is 36.4 Å². The van der Waals surface area contributed by atoms with Gasteiger partial charge >= 0.3 is 0 Å². The van der Waals surface area contributed by atoms with E-state index in [1.807, 2.05) is 32.0 Å². The molecule has 1 saturated heterocycles. The topological polar surface area (TPSA) is 27.7 Å². The number of ether oxygens (including phenoxy) is 1. The Morgan fingerprint density at radius 1 is 0.941 bits per heavy atom. The lowest BCUT2D eigenvalue weighted by Gasteiger charge is -2.46. The van der Waals surface area contributed by atoms with Gasteiger partial charge in [-0.1, -0.05) is 30.3 Å². The van der Waals surface area contributed by atoms with Gasteiger partial charge in [0.1, 0.15) is 5.75 Å². The highest BCUT2D eigenvalue weighted by atomic mass is 17.3. The van der Waals surface area contributed by atoms with Crippen molar-refractivity contribution in [1.29, 1.82) is 0 Å². The lowest BCUT2D eigenvalue weighted by Crippen LogP contribution is -2.60. The van der Waals surface area contributed by atoms with E-state index in [1.165, 1.54) is 10.8 Å². The quantitative estimate of drug-likeness (QED) is 0.648. The fourth-order valence-electron chi connectivity index (χ4n) is 2.71. The van der Waals surface area contributed by atoms with Crippen LogP contribution in [0.2, 0.25) is 0 Å². The Morgan fingerprint density at radius 3 is 2.53 bits per heavy atom. The summed E-state index contributed by atoms with van der Waals surface area (Å²) in [5.41, 5.74) is 0.577. The van der Waals surface area contributed by atoms with Crippen molar-refractivity contribution >= 4 is 10.8 Å². The van der Waals surface area contributed by atoms with Crippen LogP contribution in [0.4, 0.5) is 0 Å². The Kier molecular flexibility index (Phi) is 1.46. The van der Waals surface area contributed by atoms with Crippen LogP contribution in [0.5, 0.6) is 5.75 Å². The van der Waals surface area contributed by atoms with E-state index in [0.29, 0.717) is 0 Å². The average molecular weight is 228 g/mol. The summed E-state index contributed by atoms with van der Waals surface area (Å²) in [6.45, 7) is 3.92. The van der Waals surface area contributed by atoms with Crippen molar-refractivity contribution in [1.82, 2.24) is 0 Å². The molecule has 0 N–H and O–H groups in total. The van der Waals surface area contributed by atoms with E-state index in [2.05, 4.69) is 18.2 Å². The zero-order valence-corrected chi connectivity index (χ0v) is 9.69. The van der Waals surface area contributed by atoms with Crippen LogP contribution < -0.4 is 4.74 Å². The van der Waals surface area contributed by atoms with Crippen molar-refractivity contribution in [2.75, 3.05) is 0 Å². The Labute approximate surface area is 98.8 Å². The Morgan fingerprint density at radius 2 is 1.76 bits per heavy atom. The first-order valence-corrected chi connectivity index (χ1v) is 5.72. The molecule has 86 valence electrons. The second-order valence-corrected chi connectivity index (χ2v) is 4.91. The molecule has 0 saturated carbocycles. The van der Waals surface area contributed by atoms with E-state index in [0.717, 1.165) is 11.3 Å². The van der Waals surface area contributed by atoms with E-state index >= 15 is 0 Å². The maximum absolute atomic E-state index is 5.86. The molecular formula is C14H12O3. The molecule has 0 spiro atoms. The van der Waals surface area contributed by atoms with E-state index in [-0.39, 0.29) is 0 Å². The summed E-state index contributed by atoms with van der Waals surface area (Å²) in [6, 6.07) is 12.3. The summed E-state index contributed by atoms with van der Waals surface area (Å²) in [6.07, 6.45) is 0. The SMILES string of the molecule is CC12OOC1(C)c1c(ccc3ccccc13)O2. The van der Waals surface area contributed by atoms with Gasteiger partial charge in [0, 0.05) is 12.5 Å². The number of benzene rings is 2.